The number of benzene rings is 1. The van der Waals surface area contributed by atoms with Crippen molar-refractivity contribution in [2.75, 3.05) is 30.8 Å². The standard InChI is InChI=1S/C21H34N4OS.HI/c1-4-27(26)19-10-7-9-18(14-19)24-21(22-3)23-15-16(2)25-13-12-17-8-5-6-11-20(17)25;/h5-6,8,11,16,18-19H,4,7,9-10,12-15H2,1-3H3,(H2,22,23,24);1H. The van der Waals surface area contributed by atoms with Crippen LogP contribution < -0.4 is 15.5 Å². The minimum absolute atomic E-state index is 0. The van der Waals surface area contributed by atoms with Gasteiger partial charge in [-0.2, -0.15) is 0 Å². The van der Waals surface area contributed by atoms with Gasteiger partial charge in [-0.1, -0.05) is 31.5 Å². The molecule has 1 saturated carbocycles. The Labute approximate surface area is 189 Å². The molecular weight excluding hydrogens is 483 g/mol. The lowest BCUT2D eigenvalue weighted by Gasteiger charge is -2.31. The van der Waals surface area contributed by atoms with Crippen LogP contribution in [0.15, 0.2) is 29.3 Å². The predicted molar refractivity (Wildman–Crippen MR) is 132 cm³/mol. The predicted octanol–water partition coefficient (Wildman–Crippen LogP) is 3.30. The quantitative estimate of drug-likeness (QED) is 0.345. The third kappa shape index (κ3) is 5.84. The van der Waals surface area contributed by atoms with Crippen molar-refractivity contribution in [3.05, 3.63) is 29.8 Å². The van der Waals surface area contributed by atoms with Crippen LogP contribution in [0.25, 0.3) is 0 Å². The van der Waals surface area contributed by atoms with Crippen molar-refractivity contribution in [2.45, 2.75) is 63.3 Å². The van der Waals surface area contributed by atoms with Crippen molar-refractivity contribution in [3.63, 3.8) is 0 Å². The fourth-order valence-electron chi connectivity index (χ4n) is 4.31. The first-order valence-electron chi connectivity index (χ1n) is 10.3. The summed E-state index contributed by atoms with van der Waals surface area (Å²) in [5, 5.41) is 7.40. The maximum Gasteiger partial charge on any atom is 0.191 e. The fraction of sp³-hybridized carbons (Fsp3) is 0.667. The van der Waals surface area contributed by atoms with Gasteiger partial charge < -0.3 is 15.5 Å². The van der Waals surface area contributed by atoms with Gasteiger partial charge in [-0.25, -0.2) is 0 Å². The SMILES string of the molecule is CCS(=O)C1CCCC(NC(=NC)NCC(C)N2CCc3ccccc32)C1.I. The zero-order valence-electron chi connectivity index (χ0n) is 17.3. The van der Waals surface area contributed by atoms with Gasteiger partial charge in [0.25, 0.3) is 0 Å². The molecule has 1 aromatic carbocycles. The maximum absolute atomic E-state index is 12.2. The lowest BCUT2D eigenvalue weighted by molar-refractivity contribution is 0.413. The van der Waals surface area contributed by atoms with E-state index in [2.05, 4.69) is 51.7 Å². The highest BCUT2D eigenvalue weighted by Gasteiger charge is 2.27. The Morgan fingerprint density at radius 1 is 1.36 bits per heavy atom. The average molecular weight is 519 g/mol. The first-order chi connectivity index (χ1) is 13.1. The molecule has 1 fully saturated rings. The van der Waals surface area contributed by atoms with E-state index in [9.17, 15) is 4.21 Å². The summed E-state index contributed by atoms with van der Waals surface area (Å²) in [7, 11) is 1.14. The van der Waals surface area contributed by atoms with E-state index < -0.39 is 10.8 Å². The number of guanidine groups is 1. The zero-order valence-corrected chi connectivity index (χ0v) is 20.5. The van der Waals surface area contributed by atoms with Crippen LogP contribution in [0, 0.1) is 0 Å². The number of hydrogen-bond donors (Lipinski definition) is 2. The van der Waals surface area contributed by atoms with Crippen LogP contribution in [0.3, 0.4) is 0 Å². The highest BCUT2D eigenvalue weighted by molar-refractivity contribution is 14.0. The molecule has 158 valence electrons. The molecule has 2 aliphatic rings. The summed E-state index contributed by atoms with van der Waals surface area (Å²) in [6.45, 7) is 6.22. The van der Waals surface area contributed by atoms with Crippen molar-refractivity contribution in [3.8, 4) is 0 Å². The molecule has 2 N–H and O–H groups in total. The van der Waals surface area contributed by atoms with Crippen LogP contribution in [0.2, 0.25) is 0 Å². The molecule has 4 atom stereocenters. The minimum Gasteiger partial charge on any atom is -0.366 e. The summed E-state index contributed by atoms with van der Waals surface area (Å²) >= 11 is 0. The number of aliphatic imine (C=N–C) groups is 1. The monoisotopic (exact) mass is 518 g/mol. The summed E-state index contributed by atoms with van der Waals surface area (Å²) in [4.78, 5) is 6.90. The summed E-state index contributed by atoms with van der Waals surface area (Å²) in [6, 6.07) is 9.47. The van der Waals surface area contributed by atoms with Crippen LogP contribution in [-0.4, -0.2) is 53.4 Å². The van der Waals surface area contributed by atoms with Crippen LogP contribution in [0.1, 0.15) is 45.1 Å². The van der Waals surface area contributed by atoms with E-state index in [0.29, 0.717) is 17.3 Å². The molecule has 0 spiro atoms. The van der Waals surface area contributed by atoms with Crippen molar-refractivity contribution in [1.82, 2.24) is 10.6 Å². The van der Waals surface area contributed by atoms with Crippen LogP contribution in [-0.2, 0) is 17.2 Å². The lowest BCUT2D eigenvalue weighted by Crippen LogP contribution is -2.50. The number of para-hydroxylation sites is 1. The first kappa shape index (κ1) is 23.4. The van der Waals surface area contributed by atoms with Gasteiger partial charge in [-0.05, 0) is 44.2 Å². The summed E-state index contributed by atoms with van der Waals surface area (Å²) in [6.07, 6.45) is 5.48. The molecule has 1 aliphatic heterocycles. The molecule has 7 heteroatoms. The maximum atomic E-state index is 12.2. The number of halogens is 1. The Bertz CT molecular complexity index is 684. The number of fused-ring (bicyclic) bond motifs is 1. The molecular formula is C21H35IN4OS. The number of nitrogens with one attached hydrogen (secondary N) is 2. The Balaban J connectivity index is 0.00000280. The van der Waals surface area contributed by atoms with Crippen LogP contribution in [0.5, 0.6) is 0 Å². The van der Waals surface area contributed by atoms with Gasteiger partial charge in [-0.3, -0.25) is 9.20 Å². The molecule has 0 bridgehead atoms. The zero-order chi connectivity index (χ0) is 19.2. The summed E-state index contributed by atoms with van der Waals surface area (Å²) in [5.74, 6) is 1.63. The second kappa shape index (κ2) is 11.4. The fourth-order valence-corrected chi connectivity index (χ4v) is 5.66. The van der Waals surface area contributed by atoms with E-state index in [4.69, 9.17) is 0 Å². The third-order valence-electron chi connectivity index (χ3n) is 5.87. The van der Waals surface area contributed by atoms with Gasteiger partial charge in [-0.15, -0.1) is 24.0 Å². The van der Waals surface area contributed by atoms with Crippen molar-refractivity contribution in [1.29, 1.82) is 0 Å². The molecule has 4 unspecified atom stereocenters. The first-order valence-corrected chi connectivity index (χ1v) is 11.7. The van der Waals surface area contributed by atoms with Gasteiger partial charge in [0.15, 0.2) is 5.96 Å². The topological polar surface area (TPSA) is 56.7 Å². The number of nitrogens with zero attached hydrogens (tertiary/aromatic N) is 2. The Morgan fingerprint density at radius 3 is 2.89 bits per heavy atom. The smallest absolute Gasteiger partial charge is 0.191 e. The third-order valence-corrected chi connectivity index (χ3v) is 7.61. The second-order valence-electron chi connectivity index (χ2n) is 7.67. The molecule has 3 rings (SSSR count). The van der Waals surface area contributed by atoms with Gasteiger partial charge >= 0.3 is 0 Å². The van der Waals surface area contributed by atoms with Crippen LogP contribution >= 0.6 is 24.0 Å². The van der Waals surface area contributed by atoms with Crippen molar-refractivity contribution in [2.24, 2.45) is 4.99 Å². The molecule has 1 aromatic rings. The molecule has 0 aromatic heterocycles. The highest BCUT2D eigenvalue weighted by atomic mass is 127. The van der Waals surface area contributed by atoms with Gasteiger partial charge in [0.2, 0.25) is 0 Å². The molecule has 5 nitrogen and oxygen atoms in total. The average Bonchev–Trinajstić information content (AvgIpc) is 3.14. The minimum atomic E-state index is -0.692. The van der Waals surface area contributed by atoms with Gasteiger partial charge in [0.1, 0.15) is 0 Å². The van der Waals surface area contributed by atoms with E-state index in [1.807, 2.05) is 14.0 Å². The number of rotatable bonds is 6. The van der Waals surface area contributed by atoms with Crippen LogP contribution in [0.4, 0.5) is 5.69 Å². The Kier molecular flexibility index (Phi) is 9.53. The Hall–Kier alpha value is -0.830. The molecule has 28 heavy (non-hydrogen) atoms. The normalized spacial score (nSPS) is 24.1. The van der Waals surface area contributed by atoms with E-state index in [1.54, 1.807) is 0 Å². The summed E-state index contributed by atoms with van der Waals surface area (Å²) in [5.41, 5.74) is 2.82. The summed E-state index contributed by atoms with van der Waals surface area (Å²) < 4.78 is 12.2. The van der Waals surface area contributed by atoms with E-state index >= 15 is 0 Å². The largest absolute Gasteiger partial charge is 0.366 e. The lowest BCUT2D eigenvalue weighted by atomic mass is 9.95. The molecule has 0 saturated heterocycles. The molecule has 1 heterocycles. The van der Waals surface area contributed by atoms with E-state index in [0.717, 1.165) is 56.9 Å². The van der Waals surface area contributed by atoms with Crippen molar-refractivity contribution < 1.29 is 4.21 Å². The molecule has 1 aliphatic carbocycles. The van der Waals surface area contributed by atoms with Crippen molar-refractivity contribution >= 4 is 46.4 Å². The highest BCUT2D eigenvalue weighted by Crippen LogP contribution is 2.29. The van der Waals surface area contributed by atoms with E-state index in [1.165, 1.54) is 11.3 Å². The van der Waals surface area contributed by atoms with E-state index in [-0.39, 0.29) is 24.0 Å². The molecule has 0 amide bonds. The molecule has 0 radical (unpaired) electrons. The number of hydrogen-bond acceptors (Lipinski definition) is 3. The van der Waals surface area contributed by atoms with Gasteiger partial charge in [0.05, 0.1) is 0 Å². The number of anilines is 1. The van der Waals surface area contributed by atoms with Gasteiger partial charge in [0, 0.05) is 59.7 Å². The second-order valence-corrected chi connectivity index (χ2v) is 9.68. The Morgan fingerprint density at radius 2 is 2.14 bits per heavy atom.